The van der Waals surface area contributed by atoms with Crippen molar-refractivity contribution in [1.29, 1.82) is 0 Å². The molecule has 1 aliphatic carbocycles. The zero-order valence-electron chi connectivity index (χ0n) is 13.7. The summed E-state index contributed by atoms with van der Waals surface area (Å²) in [5.41, 5.74) is 1.06. The number of fused-ring (bicyclic) bond motifs is 1. The Morgan fingerprint density at radius 1 is 1.43 bits per heavy atom. The highest BCUT2D eigenvalue weighted by Gasteiger charge is 2.50. The highest BCUT2D eigenvalue weighted by atomic mass is 16.5. The van der Waals surface area contributed by atoms with Gasteiger partial charge in [0.15, 0.2) is 0 Å². The van der Waals surface area contributed by atoms with E-state index in [0.717, 1.165) is 30.4 Å². The van der Waals surface area contributed by atoms with Crippen LogP contribution in [0.4, 0.5) is 4.79 Å². The lowest BCUT2D eigenvalue weighted by molar-refractivity contribution is -0.0136. The number of amides is 1. The van der Waals surface area contributed by atoms with Crippen molar-refractivity contribution >= 4 is 6.09 Å². The van der Waals surface area contributed by atoms with E-state index < -0.39 is 5.60 Å². The predicted molar refractivity (Wildman–Crippen MR) is 87.9 cm³/mol. The number of methoxy groups -OCH3 is 1. The highest BCUT2D eigenvalue weighted by Crippen LogP contribution is 2.42. The molecule has 4 nitrogen and oxygen atoms in total. The van der Waals surface area contributed by atoms with E-state index in [4.69, 9.17) is 4.74 Å². The monoisotopic (exact) mass is 313 g/mol. The molecule has 0 aromatic heterocycles. The molecule has 122 valence electrons. The second-order valence-corrected chi connectivity index (χ2v) is 6.56. The number of likely N-dealkylation sites (tertiary alicyclic amines) is 1. The van der Waals surface area contributed by atoms with Crippen molar-refractivity contribution in [3.63, 3.8) is 0 Å². The third-order valence-electron chi connectivity index (χ3n) is 5.07. The molecule has 3 rings (SSSR count). The number of nitrogens with zero attached hydrogens (tertiary/aromatic N) is 1. The van der Waals surface area contributed by atoms with Gasteiger partial charge in [-0.2, -0.15) is 0 Å². The minimum atomic E-state index is -1.02. The zero-order chi connectivity index (χ0) is 16.4. The number of aliphatic hydroxyl groups is 1. The Bertz CT molecular complexity index is 660. The van der Waals surface area contributed by atoms with E-state index >= 15 is 0 Å². The van der Waals surface area contributed by atoms with E-state index in [2.05, 4.69) is 11.8 Å². The van der Waals surface area contributed by atoms with Crippen LogP contribution in [0.15, 0.2) is 24.3 Å². The summed E-state index contributed by atoms with van der Waals surface area (Å²) in [5, 5.41) is 11.1. The first-order valence-corrected chi connectivity index (χ1v) is 8.20. The third kappa shape index (κ3) is 3.07. The van der Waals surface area contributed by atoms with Gasteiger partial charge in [-0.3, -0.25) is 0 Å². The molecule has 2 aliphatic rings. The standard InChI is InChI=1S/C19H23NO3/c1-14-5-3-6-15(13-14)8-11-19(22)10-4-7-17-16(19)9-12-20(17)18(21)23-2/h3,5-6,13,16-17,22H,4,7,9-10,12H2,1-2H3. The molecule has 0 bridgehead atoms. The van der Waals surface area contributed by atoms with Gasteiger partial charge in [-0.15, -0.1) is 0 Å². The summed E-state index contributed by atoms with van der Waals surface area (Å²) in [7, 11) is 1.40. The van der Waals surface area contributed by atoms with Crippen LogP contribution in [0.2, 0.25) is 0 Å². The van der Waals surface area contributed by atoms with Crippen molar-refractivity contribution in [2.24, 2.45) is 5.92 Å². The molecule has 1 amide bonds. The Morgan fingerprint density at radius 3 is 3.00 bits per heavy atom. The summed E-state index contributed by atoms with van der Waals surface area (Å²) < 4.78 is 4.86. The number of benzene rings is 1. The van der Waals surface area contributed by atoms with Crippen molar-refractivity contribution in [3.05, 3.63) is 35.4 Å². The molecule has 1 aromatic rings. The highest BCUT2D eigenvalue weighted by molar-refractivity contribution is 5.68. The lowest BCUT2D eigenvalue weighted by Crippen LogP contribution is -2.49. The molecule has 1 aliphatic heterocycles. The van der Waals surface area contributed by atoms with Crippen LogP contribution in [0.25, 0.3) is 0 Å². The van der Waals surface area contributed by atoms with Gasteiger partial charge in [-0.25, -0.2) is 4.79 Å². The van der Waals surface area contributed by atoms with Gasteiger partial charge in [0.1, 0.15) is 5.60 Å². The number of hydrogen-bond donors (Lipinski definition) is 1. The van der Waals surface area contributed by atoms with Gasteiger partial charge in [0.25, 0.3) is 0 Å². The fourth-order valence-electron chi connectivity index (χ4n) is 3.94. The van der Waals surface area contributed by atoms with Gasteiger partial charge in [0, 0.05) is 24.1 Å². The molecule has 0 spiro atoms. The molecular weight excluding hydrogens is 290 g/mol. The van der Waals surface area contributed by atoms with E-state index in [-0.39, 0.29) is 18.1 Å². The molecule has 1 saturated carbocycles. The van der Waals surface area contributed by atoms with Gasteiger partial charge < -0.3 is 14.7 Å². The Labute approximate surface area is 137 Å². The summed E-state index contributed by atoms with van der Waals surface area (Å²) in [6, 6.07) is 8.02. The maximum absolute atomic E-state index is 11.9. The molecule has 1 heterocycles. The molecular formula is C19H23NO3. The summed E-state index contributed by atoms with van der Waals surface area (Å²) in [6.07, 6.45) is 2.93. The molecule has 23 heavy (non-hydrogen) atoms. The summed E-state index contributed by atoms with van der Waals surface area (Å²) in [4.78, 5) is 13.6. The third-order valence-corrected chi connectivity index (χ3v) is 5.07. The average Bonchev–Trinajstić information content (AvgIpc) is 2.98. The molecule has 3 atom stereocenters. The second-order valence-electron chi connectivity index (χ2n) is 6.56. The SMILES string of the molecule is COC(=O)N1CCC2C1CCCC2(O)C#Cc1cccc(C)c1. The fourth-order valence-corrected chi connectivity index (χ4v) is 3.94. The number of rotatable bonds is 0. The van der Waals surface area contributed by atoms with Crippen LogP contribution in [0.5, 0.6) is 0 Å². The molecule has 3 unspecified atom stereocenters. The van der Waals surface area contributed by atoms with E-state index in [1.807, 2.05) is 31.2 Å². The lowest BCUT2D eigenvalue weighted by Gasteiger charge is -2.39. The Balaban J connectivity index is 1.83. The predicted octanol–water partition coefficient (Wildman–Crippen LogP) is 2.72. The minimum absolute atomic E-state index is 0.00709. The molecule has 1 saturated heterocycles. The van der Waals surface area contributed by atoms with Crippen molar-refractivity contribution in [2.45, 2.75) is 44.2 Å². The van der Waals surface area contributed by atoms with Gasteiger partial charge in [0.2, 0.25) is 0 Å². The summed E-state index contributed by atoms with van der Waals surface area (Å²) in [6.45, 7) is 2.66. The largest absolute Gasteiger partial charge is 0.453 e. The Morgan fingerprint density at radius 2 is 2.26 bits per heavy atom. The van der Waals surface area contributed by atoms with Crippen LogP contribution in [-0.4, -0.2) is 41.4 Å². The van der Waals surface area contributed by atoms with Crippen LogP contribution < -0.4 is 0 Å². The van der Waals surface area contributed by atoms with Crippen LogP contribution >= 0.6 is 0 Å². The topological polar surface area (TPSA) is 49.8 Å². The van der Waals surface area contributed by atoms with Crippen molar-refractivity contribution < 1.29 is 14.6 Å². The van der Waals surface area contributed by atoms with E-state index in [0.29, 0.717) is 13.0 Å². The Hall–Kier alpha value is -1.99. The molecule has 1 N–H and O–H groups in total. The number of carbonyl (C=O) groups excluding carboxylic acids is 1. The molecule has 1 aromatic carbocycles. The average molecular weight is 313 g/mol. The molecule has 4 heteroatoms. The maximum atomic E-state index is 11.9. The molecule has 2 fully saturated rings. The first-order valence-electron chi connectivity index (χ1n) is 8.20. The zero-order valence-corrected chi connectivity index (χ0v) is 13.7. The van der Waals surface area contributed by atoms with Gasteiger partial charge in [0.05, 0.1) is 7.11 Å². The normalized spacial score (nSPS) is 29.4. The van der Waals surface area contributed by atoms with Crippen LogP contribution in [0, 0.1) is 24.7 Å². The van der Waals surface area contributed by atoms with Gasteiger partial charge >= 0.3 is 6.09 Å². The first-order chi connectivity index (χ1) is 11.0. The van der Waals surface area contributed by atoms with Crippen molar-refractivity contribution in [3.8, 4) is 11.8 Å². The summed E-state index contributed by atoms with van der Waals surface area (Å²) in [5.74, 6) is 6.26. The lowest BCUT2D eigenvalue weighted by atomic mass is 9.73. The fraction of sp³-hybridized carbons (Fsp3) is 0.526. The van der Waals surface area contributed by atoms with Crippen LogP contribution in [0.1, 0.15) is 36.8 Å². The number of hydrogen-bond acceptors (Lipinski definition) is 3. The van der Waals surface area contributed by atoms with E-state index in [1.165, 1.54) is 7.11 Å². The van der Waals surface area contributed by atoms with E-state index in [9.17, 15) is 9.90 Å². The maximum Gasteiger partial charge on any atom is 0.409 e. The molecule has 0 radical (unpaired) electrons. The van der Waals surface area contributed by atoms with E-state index in [1.54, 1.807) is 4.90 Å². The van der Waals surface area contributed by atoms with Crippen molar-refractivity contribution in [2.75, 3.05) is 13.7 Å². The number of ether oxygens (including phenoxy) is 1. The van der Waals surface area contributed by atoms with Gasteiger partial charge in [-0.1, -0.05) is 24.0 Å². The summed E-state index contributed by atoms with van der Waals surface area (Å²) >= 11 is 0. The smallest absolute Gasteiger partial charge is 0.409 e. The first kappa shape index (κ1) is 15.9. The van der Waals surface area contributed by atoms with Gasteiger partial charge in [-0.05, 0) is 50.3 Å². The Kier molecular flexibility index (Phi) is 4.32. The minimum Gasteiger partial charge on any atom is -0.453 e. The van der Waals surface area contributed by atoms with Crippen LogP contribution in [0.3, 0.4) is 0 Å². The second kappa shape index (κ2) is 6.25. The van der Waals surface area contributed by atoms with Crippen molar-refractivity contribution in [1.82, 2.24) is 4.90 Å². The number of aryl methyl sites for hydroxylation is 1. The number of carbonyl (C=O) groups is 1. The van der Waals surface area contributed by atoms with Crippen LogP contribution in [-0.2, 0) is 4.74 Å². The quantitative estimate of drug-likeness (QED) is 0.749.